The molecule has 1 aliphatic rings. The first-order valence-corrected chi connectivity index (χ1v) is 12.7. The third-order valence-corrected chi connectivity index (χ3v) is 7.34. The lowest BCUT2D eigenvalue weighted by Crippen LogP contribution is -2.47. The van der Waals surface area contributed by atoms with Crippen LogP contribution in [0.4, 0.5) is 5.69 Å². The van der Waals surface area contributed by atoms with Gasteiger partial charge in [-0.05, 0) is 56.4 Å². The molecule has 2 aromatic rings. The maximum Gasteiger partial charge on any atom is 0.261 e. The van der Waals surface area contributed by atoms with Crippen LogP contribution in [0, 0.1) is 5.92 Å². The quantitative estimate of drug-likeness (QED) is 0.516. The normalized spacial score (nSPS) is 19.8. The molecule has 3 N–H and O–H groups in total. The second-order valence-electron chi connectivity index (χ2n) is 8.55. The Labute approximate surface area is 201 Å². The number of likely N-dealkylation sites (N-methyl/N-ethyl adjacent to an activating group) is 1. The molecule has 34 heavy (non-hydrogen) atoms. The highest BCUT2D eigenvalue weighted by Gasteiger charge is 2.30. The zero-order valence-electron chi connectivity index (χ0n) is 19.9. The first kappa shape index (κ1) is 25.8. The molecule has 1 aliphatic heterocycles. The van der Waals surface area contributed by atoms with Crippen molar-refractivity contribution in [2.45, 2.75) is 37.3 Å². The molecule has 0 radical (unpaired) electrons. The number of benzene rings is 2. The molecule has 0 unspecified atom stereocenters. The lowest BCUT2D eigenvalue weighted by atomic mass is 10.0. The average Bonchev–Trinajstić information content (AvgIpc) is 2.86. The number of hydrogen-bond donors (Lipinski definition) is 3. The number of aliphatic hydroxyl groups is 1. The van der Waals surface area contributed by atoms with Crippen LogP contribution in [0.25, 0.3) is 0 Å². The van der Waals surface area contributed by atoms with Crippen molar-refractivity contribution in [3.63, 3.8) is 0 Å². The lowest BCUT2D eigenvalue weighted by Gasteiger charge is -2.32. The summed E-state index contributed by atoms with van der Waals surface area (Å²) in [4.78, 5) is 14.9. The van der Waals surface area contributed by atoms with E-state index in [0.717, 1.165) is 0 Å². The first-order valence-electron chi connectivity index (χ1n) is 11.2. The molecule has 2 aromatic carbocycles. The maximum absolute atomic E-state index is 13.2. The average molecular weight is 492 g/mol. The standard InChI is InChI=1S/C24H33N3O6S/c1-16-14-27(17(2)15-28)24(29)12-18-11-19(5-10-22(18)33-23(16)13-25-3)26-34(30,31)21-8-6-20(32-4)7-9-21/h5-11,16-17,23,25-26,28H,12-15H2,1-4H3/t16-,17-,23-/m0/s1. The third-order valence-electron chi connectivity index (χ3n) is 5.94. The minimum atomic E-state index is -3.84. The number of methoxy groups -OCH3 is 1. The van der Waals surface area contributed by atoms with Crippen molar-refractivity contribution in [1.29, 1.82) is 0 Å². The van der Waals surface area contributed by atoms with E-state index in [-0.39, 0.29) is 41.9 Å². The predicted octanol–water partition coefficient (Wildman–Crippen LogP) is 1.86. The van der Waals surface area contributed by atoms with E-state index in [4.69, 9.17) is 9.47 Å². The lowest BCUT2D eigenvalue weighted by molar-refractivity contribution is -0.134. The SMILES string of the molecule is CNC[C@@H]1Oc2ccc(NS(=O)(=O)c3ccc(OC)cc3)cc2CC(=O)N([C@@H](C)CO)C[C@@H]1C. The van der Waals surface area contributed by atoms with Crippen LogP contribution in [0.1, 0.15) is 19.4 Å². The molecule has 0 fully saturated rings. The Balaban J connectivity index is 1.94. The van der Waals surface area contributed by atoms with E-state index in [2.05, 4.69) is 10.0 Å². The second kappa shape index (κ2) is 11.1. The van der Waals surface area contributed by atoms with Gasteiger partial charge in [0.05, 0.1) is 31.1 Å². The maximum atomic E-state index is 13.2. The Morgan fingerprint density at radius 3 is 2.56 bits per heavy atom. The van der Waals surface area contributed by atoms with E-state index < -0.39 is 10.0 Å². The molecule has 0 saturated heterocycles. The van der Waals surface area contributed by atoms with Gasteiger partial charge in [-0.3, -0.25) is 9.52 Å². The summed E-state index contributed by atoms with van der Waals surface area (Å²) in [5.41, 5.74) is 0.899. The Hall–Kier alpha value is -2.82. The van der Waals surface area contributed by atoms with Crippen molar-refractivity contribution in [2.75, 3.05) is 38.6 Å². The molecule has 1 heterocycles. The molecule has 1 amide bonds. The Morgan fingerprint density at radius 2 is 1.94 bits per heavy atom. The van der Waals surface area contributed by atoms with E-state index in [1.807, 2.05) is 14.0 Å². The van der Waals surface area contributed by atoms with Crippen molar-refractivity contribution >= 4 is 21.6 Å². The van der Waals surface area contributed by atoms with Gasteiger partial charge in [0.1, 0.15) is 17.6 Å². The van der Waals surface area contributed by atoms with Gasteiger partial charge in [-0.15, -0.1) is 0 Å². The molecule has 3 atom stereocenters. The van der Waals surface area contributed by atoms with E-state index in [1.165, 1.54) is 19.2 Å². The van der Waals surface area contributed by atoms with Gasteiger partial charge < -0.3 is 24.8 Å². The van der Waals surface area contributed by atoms with E-state index in [1.54, 1.807) is 42.2 Å². The van der Waals surface area contributed by atoms with Crippen LogP contribution in [0.15, 0.2) is 47.4 Å². The van der Waals surface area contributed by atoms with Crippen LogP contribution in [-0.4, -0.2) is 70.3 Å². The molecule has 9 nitrogen and oxygen atoms in total. The Bertz CT molecular complexity index is 1090. The van der Waals surface area contributed by atoms with Crippen molar-refractivity contribution in [3.05, 3.63) is 48.0 Å². The van der Waals surface area contributed by atoms with Crippen LogP contribution >= 0.6 is 0 Å². The number of sulfonamides is 1. The van der Waals surface area contributed by atoms with Crippen LogP contribution in [0.2, 0.25) is 0 Å². The monoisotopic (exact) mass is 491 g/mol. The smallest absolute Gasteiger partial charge is 0.261 e. The number of hydrogen-bond acceptors (Lipinski definition) is 7. The van der Waals surface area contributed by atoms with Crippen LogP contribution in [-0.2, 0) is 21.2 Å². The zero-order valence-corrected chi connectivity index (χ0v) is 20.8. The van der Waals surface area contributed by atoms with Crippen molar-refractivity contribution in [2.24, 2.45) is 5.92 Å². The summed E-state index contributed by atoms with van der Waals surface area (Å²) in [5, 5.41) is 12.8. The molecular weight excluding hydrogens is 458 g/mol. The minimum Gasteiger partial charge on any atom is -0.497 e. The zero-order chi connectivity index (χ0) is 24.9. The van der Waals surface area contributed by atoms with Crippen molar-refractivity contribution in [1.82, 2.24) is 10.2 Å². The molecule has 3 rings (SSSR count). The van der Waals surface area contributed by atoms with Crippen molar-refractivity contribution < 1.29 is 27.8 Å². The fraction of sp³-hybridized carbons (Fsp3) is 0.458. The highest BCUT2D eigenvalue weighted by molar-refractivity contribution is 7.92. The molecule has 0 spiro atoms. The number of amides is 1. The fourth-order valence-electron chi connectivity index (χ4n) is 3.91. The van der Waals surface area contributed by atoms with E-state index in [9.17, 15) is 18.3 Å². The predicted molar refractivity (Wildman–Crippen MR) is 130 cm³/mol. The number of ether oxygens (including phenoxy) is 2. The molecule has 0 bridgehead atoms. The summed E-state index contributed by atoms with van der Waals surface area (Å²) in [5.74, 6) is 0.938. The minimum absolute atomic E-state index is 0.00426. The summed E-state index contributed by atoms with van der Waals surface area (Å²) in [6.45, 7) is 4.68. The summed E-state index contributed by atoms with van der Waals surface area (Å²) in [7, 11) is -0.500. The van der Waals surface area contributed by atoms with Crippen molar-refractivity contribution in [3.8, 4) is 11.5 Å². The van der Waals surface area contributed by atoms with E-state index >= 15 is 0 Å². The summed E-state index contributed by atoms with van der Waals surface area (Å²) in [6, 6.07) is 10.7. The van der Waals surface area contributed by atoms with Gasteiger partial charge >= 0.3 is 0 Å². The molecule has 0 aliphatic carbocycles. The molecule has 0 saturated carbocycles. The highest BCUT2D eigenvalue weighted by atomic mass is 32.2. The van der Waals surface area contributed by atoms with Gasteiger partial charge in [-0.2, -0.15) is 0 Å². The molecule has 10 heteroatoms. The largest absolute Gasteiger partial charge is 0.497 e. The topological polar surface area (TPSA) is 117 Å². The summed E-state index contributed by atoms with van der Waals surface area (Å²) >= 11 is 0. The van der Waals surface area contributed by atoms with Crippen LogP contribution in [0.5, 0.6) is 11.5 Å². The number of anilines is 1. The van der Waals surface area contributed by atoms with Gasteiger partial charge in [0.15, 0.2) is 0 Å². The fourth-order valence-corrected chi connectivity index (χ4v) is 4.96. The number of nitrogens with one attached hydrogen (secondary N) is 2. The van der Waals surface area contributed by atoms with Gasteiger partial charge in [0.2, 0.25) is 5.91 Å². The molecular formula is C24H33N3O6S. The number of fused-ring (bicyclic) bond motifs is 1. The van der Waals surface area contributed by atoms with Gasteiger partial charge in [0, 0.05) is 30.3 Å². The number of carbonyl (C=O) groups excluding carboxylic acids is 1. The number of aliphatic hydroxyl groups excluding tert-OH is 1. The first-order chi connectivity index (χ1) is 16.2. The highest BCUT2D eigenvalue weighted by Crippen LogP contribution is 2.30. The number of carbonyl (C=O) groups is 1. The Kier molecular flexibility index (Phi) is 8.40. The number of rotatable bonds is 8. The molecule has 0 aromatic heterocycles. The van der Waals surface area contributed by atoms with Crippen LogP contribution in [0.3, 0.4) is 0 Å². The van der Waals surface area contributed by atoms with E-state index in [0.29, 0.717) is 35.8 Å². The van der Waals surface area contributed by atoms with Gasteiger partial charge in [-0.1, -0.05) is 6.92 Å². The van der Waals surface area contributed by atoms with Crippen LogP contribution < -0.4 is 19.5 Å². The second-order valence-corrected chi connectivity index (χ2v) is 10.2. The number of nitrogens with zero attached hydrogens (tertiary/aromatic N) is 1. The molecule has 186 valence electrons. The van der Waals surface area contributed by atoms with Gasteiger partial charge in [-0.25, -0.2) is 8.42 Å². The Morgan fingerprint density at radius 1 is 1.24 bits per heavy atom. The third kappa shape index (κ3) is 5.99. The summed E-state index contributed by atoms with van der Waals surface area (Å²) < 4.78 is 39.7. The van der Waals surface area contributed by atoms with Gasteiger partial charge in [0.25, 0.3) is 10.0 Å². The summed E-state index contributed by atoms with van der Waals surface area (Å²) in [6.07, 6.45) is -0.193.